The van der Waals surface area contributed by atoms with E-state index in [-0.39, 0.29) is 12.4 Å². The Morgan fingerprint density at radius 1 is 1.12 bits per heavy atom. The van der Waals surface area contributed by atoms with E-state index in [9.17, 15) is 0 Å². The molecule has 2 aromatic rings. The molecule has 0 N–H and O–H groups in total. The van der Waals surface area contributed by atoms with Crippen LogP contribution in [0.1, 0.15) is 22.6 Å². The minimum Gasteiger partial charge on any atom is -0.493 e. The molecule has 0 amide bonds. The normalized spacial score (nSPS) is 21.8. The van der Waals surface area contributed by atoms with Gasteiger partial charge in [-0.15, -0.1) is 12.4 Å². The second-order valence-electron chi connectivity index (χ2n) is 6.54. The van der Waals surface area contributed by atoms with Gasteiger partial charge in [-0.3, -0.25) is 0 Å². The summed E-state index contributed by atoms with van der Waals surface area (Å²) in [5.41, 5.74) is 3.35. The largest absolute Gasteiger partial charge is 0.493 e. The van der Waals surface area contributed by atoms with Crippen LogP contribution in [-0.4, -0.2) is 31.1 Å². The molecule has 1 saturated heterocycles. The Morgan fingerprint density at radius 2 is 1.96 bits per heavy atom. The third-order valence-corrected chi connectivity index (χ3v) is 5.07. The highest BCUT2D eigenvalue weighted by Crippen LogP contribution is 2.41. The van der Waals surface area contributed by atoms with Gasteiger partial charge in [-0.2, -0.15) is 5.26 Å². The molecule has 0 aromatic heterocycles. The van der Waals surface area contributed by atoms with E-state index < -0.39 is 0 Å². The van der Waals surface area contributed by atoms with Gasteiger partial charge in [-0.05, 0) is 30.2 Å². The van der Waals surface area contributed by atoms with E-state index in [0.717, 1.165) is 44.0 Å². The van der Waals surface area contributed by atoms with Crippen LogP contribution in [-0.2, 0) is 6.42 Å². The van der Waals surface area contributed by atoms with Gasteiger partial charge in [0.15, 0.2) is 0 Å². The maximum atomic E-state index is 9.14. The monoisotopic (exact) mass is 340 g/mol. The van der Waals surface area contributed by atoms with Crippen LogP contribution < -0.4 is 4.74 Å². The number of likely N-dealkylation sites (tertiary alicyclic amines) is 1. The Balaban J connectivity index is 0.00000169. The number of fused-ring (bicyclic) bond motifs is 3. The smallest absolute Gasteiger partial charge is 0.122 e. The fourth-order valence-corrected chi connectivity index (χ4v) is 3.83. The van der Waals surface area contributed by atoms with Crippen LogP contribution in [0.3, 0.4) is 0 Å². The number of rotatable bonds is 3. The Labute approximate surface area is 149 Å². The quantitative estimate of drug-likeness (QED) is 0.856. The lowest BCUT2D eigenvalue weighted by molar-refractivity contribution is 0.213. The van der Waals surface area contributed by atoms with Gasteiger partial charge >= 0.3 is 0 Å². The first kappa shape index (κ1) is 16.8. The molecule has 2 aliphatic rings. The third-order valence-electron chi connectivity index (χ3n) is 5.07. The first-order valence-corrected chi connectivity index (χ1v) is 8.26. The van der Waals surface area contributed by atoms with Gasteiger partial charge in [0.2, 0.25) is 0 Å². The molecule has 4 heteroatoms. The summed E-state index contributed by atoms with van der Waals surface area (Å²) in [5, 5.41) is 9.14. The third kappa shape index (κ3) is 3.26. The Morgan fingerprint density at radius 3 is 2.75 bits per heavy atom. The van der Waals surface area contributed by atoms with Crippen molar-refractivity contribution in [2.75, 3.05) is 26.2 Å². The lowest BCUT2D eigenvalue weighted by atomic mass is 9.86. The Hall–Kier alpha value is -2.02. The van der Waals surface area contributed by atoms with E-state index in [0.29, 0.717) is 11.8 Å². The zero-order valence-corrected chi connectivity index (χ0v) is 14.3. The zero-order chi connectivity index (χ0) is 15.6. The van der Waals surface area contributed by atoms with Gasteiger partial charge in [-0.25, -0.2) is 0 Å². The molecule has 0 aliphatic carbocycles. The topological polar surface area (TPSA) is 36.3 Å². The second-order valence-corrected chi connectivity index (χ2v) is 6.54. The van der Waals surface area contributed by atoms with Gasteiger partial charge in [-0.1, -0.05) is 30.3 Å². The van der Waals surface area contributed by atoms with Crippen molar-refractivity contribution in [3.8, 4) is 11.8 Å². The van der Waals surface area contributed by atoms with Gasteiger partial charge in [0.05, 0.1) is 18.2 Å². The van der Waals surface area contributed by atoms with Crippen LogP contribution in [0, 0.1) is 17.2 Å². The molecule has 24 heavy (non-hydrogen) atoms. The second kappa shape index (κ2) is 7.25. The first-order chi connectivity index (χ1) is 11.3. The van der Waals surface area contributed by atoms with Gasteiger partial charge in [0.1, 0.15) is 5.75 Å². The number of nitrogens with zero attached hydrogens (tertiary/aromatic N) is 2. The molecule has 0 unspecified atom stereocenters. The van der Waals surface area contributed by atoms with Crippen molar-refractivity contribution >= 4 is 12.4 Å². The summed E-state index contributed by atoms with van der Waals surface area (Å²) >= 11 is 0. The standard InChI is InChI=1S/C20H20N2O.ClH/c21-11-16-6-7-20-18(10-16)19-13-22(12-17(19)14-23-20)9-8-15-4-2-1-3-5-15;/h1-7,10,17,19H,8-9,12-14H2;1H/t17-,19+;/m0./s1. The average Bonchev–Trinajstić information content (AvgIpc) is 3.04. The highest BCUT2D eigenvalue weighted by atomic mass is 35.5. The molecule has 2 aromatic carbocycles. The summed E-state index contributed by atoms with van der Waals surface area (Å²) in [6.07, 6.45) is 1.09. The molecule has 1 fully saturated rings. The molecule has 0 saturated carbocycles. The van der Waals surface area contributed by atoms with Crippen LogP contribution in [0.2, 0.25) is 0 Å². The summed E-state index contributed by atoms with van der Waals surface area (Å²) < 4.78 is 5.91. The molecule has 2 aliphatic heterocycles. The molecular weight excluding hydrogens is 320 g/mol. The van der Waals surface area contributed by atoms with Gasteiger partial charge < -0.3 is 9.64 Å². The summed E-state index contributed by atoms with van der Waals surface area (Å²) in [6.45, 7) is 4.05. The number of ether oxygens (including phenoxy) is 1. The minimum atomic E-state index is 0. The van der Waals surface area contributed by atoms with Gasteiger partial charge in [0.25, 0.3) is 0 Å². The van der Waals surface area contributed by atoms with Crippen molar-refractivity contribution in [1.82, 2.24) is 4.90 Å². The maximum absolute atomic E-state index is 9.14. The summed E-state index contributed by atoms with van der Waals surface area (Å²) in [5.74, 6) is 2.02. The number of hydrogen-bond donors (Lipinski definition) is 0. The highest BCUT2D eigenvalue weighted by molar-refractivity contribution is 5.85. The van der Waals surface area contributed by atoms with E-state index in [4.69, 9.17) is 10.00 Å². The van der Waals surface area contributed by atoms with Crippen LogP contribution in [0.5, 0.6) is 5.75 Å². The summed E-state index contributed by atoms with van der Waals surface area (Å²) in [6, 6.07) is 18.7. The molecule has 124 valence electrons. The molecule has 2 heterocycles. The summed E-state index contributed by atoms with van der Waals surface area (Å²) in [4.78, 5) is 2.54. The number of nitriles is 1. The van der Waals surface area contributed by atoms with Crippen molar-refractivity contribution in [2.24, 2.45) is 5.92 Å². The van der Waals surface area contributed by atoms with Crippen molar-refractivity contribution < 1.29 is 4.74 Å². The SMILES string of the molecule is Cl.N#Cc1ccc2c(c1)[C@@H]1CN(CCc3ccccc3)C[C@H]1CO2. The average molecular weight is 341 g/mol. The fraction of sp³-hybridized carbons (Fsp3) is 0.350. The Bertz CT molecular complexity index is 741. The molecule has 0 radical (unpaired) electrons. The molecule has 0 bridgehead atoms. The van der Waals surface area contributed by atoms with E-state index >= 15 is 0 Å². The van der Waals surface area contributed by atoms with Crippen LogP contribution in [0.4, 0.5) is 0 Å². The van der Waals surface area contributed by atoms with Crippen molar-refractivity contribution in [3.05, 3.63) is 65.2 Å². The lowest BCUT2D eigenvalue weighted by Gasteiger charge is -2.27. The van der Waals surface area contributed by atoms with E-state index in [1.54, 1.807) is 0 Å². The fourth-order valence-electron chi connectivity index (χ4n) is 3.83. The van der Waals surface area contributed by atoms with Crippen molar-refractivity contribution in [2.45, 2.75) is 12.3 Å². The van der Waals surface area contributed by atoms with Crippen molar-refractivity contribution in [1.29, 1.82) is 5.26 Å². The highest BCUT2D eigenvalue weighted by Gasteiger charge is 2.38. The molecular formula is C20H21ClN2O. The molecule has 0 spiro atoms. The number of halogens is 1. The maximum Gasteiger partial charge on any atom is 0.122 e. The lowest BCUT2D eigenvalue weighted by Crippen LogP contribution is -2.25. The molecule has 2 atom stereocenters. The predicted molar refractivity (Wildman–Crippen MR) is 96.7 cm³/mol. The molecule has 4 rings (SSSR count). The number of benzene rings is 2. The van der Waals surface area contributed by atoms with Crippen LogP contribution in [0.15, 0.2) is 48.5 Å². The van der Waals surface area contributed by atoms with E-state index in [1.165, 1.54) is 11.1 Å². The van der Waals surface area contributed by atoms with E-state index in [2.05, 4.69) is 41.3 Å². The van der Waals surface area contributed by atoms with Crippen LogP contribution in [0.25, 0.3) is 0 Å². The van der Waals surface area contributed by atoms with E-state index in [1.807, 2.05) is 18.2 Å². The first-order valence-electron chi connectivity index (χ1n) is 8.26. The zero-order valence-electron chi connectivity index (χ0n) is 13.5. The number of hydrogen-bond acceptors (Lipinski definition) is 3. The Kier molecular flexibility index (Phi) is 5.08. The predicted octanol–water partition coefficient (Wildman–Crippen LogP) is 3.63. The minimum absolute atomic E-state index is 0. The van der Waals surface area contributed by atoms with Crippen LogP contribution >= 0.6 is 12.4 Å². The van der Waals surface area contributed by atoms with Gasteiger partial charge in [0, 0.05) is 37.0 Å². The molecule has 3 nitrogen and oxygen atoms in total. The summed E-state index contributed by atoms with van der Waals surface area (Å²) in [7, 11) is 0. The van der Waals surface area contributed by atoms with Crippen molar-refractivity contribution in [3.63, 3.8) is 0 Å².